The molecule has 1 saturated heterocycles. The first-order valence-corrected chi connectivity index (χ1v) is 8.13. The molecule has 1 heterocycles. The standard InChI is InChI=1S/C17H16N4O6/c22-17(19-7-9-27-10-8-19)13-3-1-2-4-14(13)18-15-6-5-12(20(23)24)11-16(15)21(25)26/h1-6,11,18H,7-10H2. The van der Waals surface area contributed by atoms with Crippen molar-refractivity contribution in [2.75, 3.05) is 31.6 Å². The summed E-state index contributed by atoms with van der Waals surface area (Å²) in [6.07, 6.45) is 0. The number of nitro groups is 2. The summed E-state index contributed by atoms with van der Waals surface area (Å²) >= 11 is 0. The van der Waals surface area contributed by atoms with Gasteiger partial charge in [0.1, 0.15) is 5.69 Å². The number of non-ortho nitro benzene ring substituents is 1. The molecule has 1 fully saturated rings. The van der Waals surface area contributed by atoms with Gasteiger partial charge >= 0.3 is 0 Å². The number of hydrogen-bond donors (Lipinski definition) is 1. The van der Waals surface area contributed by atoms with E-state index in [0.717, 1.165) is 6.07 Å². The number of hydrogen-bond acceptors (Lipinski definition) is 7. The summed E-state index contributed by atoms with van der Waals surface area (Å²) < 4.78 is 5.24. The number of amides is 1. The molecule has 140 valence electrons. The Kier molecular flexibility index (Phi) is 5.27. The lowest BCUT2D eigenvalue weighted by molar-refractivity contribution is -0.393. The number of carbonyl (C=O) groups is 1. The lowest BCUT2D eigenvalue weighted by Crippen LogP contribution is -2.40. The van der Waals surface area contributed by atoms with Gasteiger partial charge in [-0.1, -0.05) is 12.1 Å². The fourth-order valence-corrected chi connectivity index (χ4v) is 2.75. The van der Waals surface area contributed by atoms with E-state index in [1.807, 2.05) is 0 Å². The number of rotatable bonds is 5. The Labute approximate surface area is 153 Å². The van der Waals surface area contributed by atoms with Crippen molar-refractivity contribution in [3.8, 4) is 0 Å². The number of carbonyl (C=O) groups excluding carboxylic acids is 1. The van der Waals surface area contributed by atoms with Gasteiger partial charge in [-0.25, -0.2) is 0 Å². The average molecular weight is 372 g/mol. The third kappa shape index (κ3) is 4.01. The predicted octanol–water partition coefficient (Wildman–Crippen LogP) is 2.72. The largest absolute Gasteiger partial charge is 0.378 e. The minimum atomic E-state index is -0.707. The molecule has 0 saturated carbocycles. The van der Waals surface area contributed by atoms with Crippen LogP contribution < -0.4 is 5.32 Å². The first kappa shape index (κ1) is 18.3. The van der Waals surface area contributed by atoms with E-state index in [4.69, 9.17) is 4.74 Å². The van der Waals surface area contributed by atoms with Crippen LogP contribution in [0.1, 0.15) is 10.4 Å². The second-order valence-corrected chi connectivity index (χ2v) is 5.79. The Bertz CT molecular complexity index is 895. The first-order valence-electron chi connectivity index (χ1n) is 8.13. The Morgan fingerprint density at radius 1 is 1.00 bits per heavy atom. The quantitative estimate of drug-likeness (QED) is 0.631. The lowest BCUT2D eigenvalue weighted by atomic mass is 10.1. The van der Waals surface area contributed by atoms with E-state index in [2.05, 4.69) is 5.32 Å². The number of ether oxygens (including phenoxy) is 1. The highest BCUT2D eigenvalue weighted by atomic mass is 16.6. The van der Waals surface area contributed by atoms with Gasteiger partial charge < -0.3 is 15.0 Å². The Morgan fingerprint density at radius 2 is 1.70 bits per heavy atom. The second kappa shape index (κ2) is 7.79. The van der Waals surface area contributed by atoms with Crippen LogP contribution in [-0.2, 0) is 4.74 Å². The van der Waals surface area contributed by atoms with E-state index in [9.17, 15) is 25.0 Å². The summed E-state index contributed by atoms with van der Waals surface area (Å²) in [5.74, 6) is -0.217. The molecule has 3 rings (SSSR count). The molecular weight excluding hydrogens is 356 g/mol. The van der Waals surface area contributed by atoms with Crippen molar-refractivity contribution in [1.29, 1.82) is 0 Å². The van der Waals surface area contributed by atoms with E-state index >= 15 is 0 Å². The molecular formula is C17H16N4O6. The lowest BCUT2D eigenvalue weighted by Gasteiger charge is -2.27. The topological polar surface area (TPSA) is 128 Å². The molecule has 0 radical (unpaired) electrons. The van der Waals surface area contributed by atoms with Crippen LogP contribution in [0.4, 0.5) is 22.7 Å². The molecule has 1 aliphatic heterocycles. The molecule has 1 N–H and O–H groups in total. The third-order valence-corrected chi connectivity index (χ3v) is 4.11. The molecule has 10 nitrogen and oxygen atoms in total. The number of nitrogens with one attached hydrogen (secondary N) is 1. The molecule has 1 aliphatic rings. The molecule has 27 heavy (non-hydrogen) atoms. The summed E-state index contributed by atoms with van der Waals surface area (Å²) in [6, 6.07) is 9.94. The molecule has 0 atom stereocenters. The SMILES string of the molecule is O=C(c1ccccc1Nc1ccc([N+](=O)[O-])cc1[N+](=O)[O-])N1CCOCC1. The number of morpholine rings is 1. The molecule has 0 aromatic heterocycles. The molecule has 2 aromatic rings. The molecule has 1 amide bonds. The van der Waals surface area contributed by atoms with E-state index in [1.165, 1.54) is 12.1 Å². The molecule has 0 unspecified atom stereocenters. The van der Waals surface area contributed by atoms with Gasteiger partial charge in [-0.2, -0.15) is 0 Å². The van der Waals surface area contributed by atoms with Crippen molar-refractivity contribution in [3.05, 3.63) is 68.3 Å². The third-order valence-electron chi connectivity index (χ3n) is 4.11. The normalized spacial score (nSPS) is 13.9. The zero-order valence-corrected chi connectivity index (χ0v) is 14.2. The highest BCUT2D eigenvalue weighted by Crippen LogP contribution is 2.32. The summed E-state index contributed by atoms with van der Waals surface area (Å²) in [7, 11) is 0. The highest BCUT2D eigenvalue weighted by molar-refractivity contribution is 6.00. The average Bonchev–Trinajstić information content (AvgIpc) is 2.68. The molecule has 10 heteroatoms. The van der Waals surface area contributed by atoms with Gasteiger partial charge in [-0.3, -0.25) is 25.0 Å². The van der Waals surface area contributed by atoms with Crippen molar-refractivity contribution >= 4 is 28.7 Å². The van der Waals surface area contributed by atoms with Gasteiger partial charge in [0.05, 0.1) is 40.4 Å². The van der Waals surface area contributed by atoms with Gasteiger partial charge in [-0.15, -0.1) is 0 Å². The predicted molar refractivity (Wildman–Crippen MR) is 96.2 cm³/mol. The smallest absolute Gasteiger partial charge is 0.299 e. The zero-order valence-electron chi connectivity index (χ0n) is 14.2. The zero-order chi connectivity index (χ0) is 19.4. The van der Waals surface area contributed by atoms with Gasteiger partial charge in [0.15, 0.2) is 0 Å². The van der Waals surface area contributed by atoms with Crippen molar-refractivity contribution in [2.24, 2.45) is 0 Å². The molecule has 0 spiro atoms. The maximum Gasteiger partial charge on any atom is 0.299 e. The maximum absolute atomic E-state index is 12.8. The van der Waals surface area contributed by atoms with E-state index < -0.39 is 15.5 Å². The van der Waals surface area contributed by atoms with Crippen LogP contribution in [0.3, 0.4) is 0 Å². The Hall–Kier alpha value is -3.53. The Morgan fingerprint density at radius 3 is 2.37 bits per heavy atom. The van der Waals surface area contributed by atoms with Crippen molar-refractivity contribution in [2.45, 2.75) is 0 Å². The van der Waals surface area contributed by atoms with Crippen LogP contribution in [0.2, 0.25) is 0 Å². The molecule has 0 bridgehead atoms. The molecule has 2 aromatic carbocycles. The van der Waals surface area contributed by atoms with Crippen LogP contribution in [-0.4, -0.2) is 47.0 Å². The highest BCUT2D eigenvalue weighted by Gasteiger charge is 2.23. The van der Waals surface area contributed by atoms with Gasteiger partial charge in [0, 0.05) is 19.2 Å². The van der Waals surface area contributed by atoms with Crippen molar-refractivity contribution < 1.29 is 19.4 Å². The van der Waals surface area contributed by atoms with E-state index in [1.54, 1.807) is 29.2 Å². The summed E-state index contributed by atoms with van der Waals surface area (Å²) in [4.78, 5) is 35.2. The van der Waals surface area contributed by atoms with Gasteiger partial charge in [0.25, 0.3) is 17.3 Å². The number of anilines is 2. The minimum Gasteiger partial charge on any atom is -0.378 e. The van der Waals surface area contributed by atoms with Crippen molar-refractivity contribution in [1.82, 2.24) is 4.90 Å². The minimum absolute atomic E-state index is 0.0628. The van der Waals surface area contributed by atoms with Crippen LogP contribution in [0, 0.1) is 20.2 Å². The van der Waals surface area contributed by atoms with Crippen LogP contribution in [0.25, 0.3) is 0 Å². The summed E-state index contributed by atoms with van der Waals surface area (Å²) in [6.45, 7) is 1.83. The Balaban J connectivity index is 1.93. The van der Waals surface area contributed by atoms with Crippen molar-refractivity contribution in [3.63, 3.8) is 0 Å². The van der Waals surface area contributed by atoms with Gasteiger partial charge in [-0.05, 0) is 18.2 Å². The molecule has 0 aliphatic carbocycles. The monoisotopic (exact) mass is 372 g/mol. The number of nitrogens with zero attached hydrogens (tertiary/aromatic N) is 3. The van der Waals surface area contributed by atoms with Crippen LogP contribution in [0.15, 0.2) is 42.5 Å². The second-order valence-electron chi connectivity index (χ2n) is 5.79. The number of para-hydroxylation sites is 1. The van der Waals surface area contributed by atoms with E-state index in [-0.39, 0.29) is 17.3 Å². The number of nitro benzene ring substituents is 2. The van der Waals surface area contributed by atoms with Gasteiger partial charge in [0.2, 0.25) is 0 Å². The summed E-state index contributed by atoms with van der Waals surface area (Å²) in [5.41, 5.74) is -0.0337. The van der Waals surface area contributed by atoms with Crippen LogP contribution in [0.5, 0.6) is 0 Å². The fourth-order valence-electron chi connectivity index (χ4n) is 2.75. The van der Waals surface area contributed by atoms with Crippen LogP contribution >= 0.6 is 0 Å². The number of benzene rings is 2. The maximum atomic E-state index is 12.8. The van der Waals surface area contributed by atoms with E-state index in [0.29, 0.717) is 37.6 Å². The fraction of sp³-hybridized carbons (Fsp3) is 0.235. The summed E-state index contributed by atoms with van der Waals surface area (Å²) in [5, 5.41) is 25.0. The first-order chi connectivity index (χ1) is 13.0.